The van der Waals surface area contributed by atoms with Gasteiger partial charge in [0.2, 0.25) is 0 Å². The molecule has 166 valence electrons. The molecule has 7 nitrogen and oxygen atoms in total. The SMILES string of the molecule is CCOC(=O)C1=C(C)N=c2sc(=Cc3cc(C)[nH]c3C)c(=O)n2C1c1ccccc1OC. The fourth-order valence-electron chi connectivity index (χ4n) is 4.01. The molecule has 3 heterocycles. The number of allylic oxidation sites excluding steroid dienone is 1. The van der Waals surface area contributed by atoms with E-state index in [1.807, 2.05) is 50.3 Å². The molecule has 2 aromatic heterocycles. The molecule has 0 aliphatic carbocycles. The van der Waals surface area contributed by atoms with Crippen LogP contribution < -0.4 is 19.6 Å². The summed E-state index contributed by atoms with van der Waals surface area (Å²) in [4.78, 5) is 35.0. The average molecular weight is 452 g/mol. The number of hydrogen-bond acceptors (Lipinski definition) is 6. The zero-order chi connectivity index (χ0) is 23.0. The van der Waals surface area contributed by atoms with Gasteiger partial charge in [0.05, 0.1) is 29.5 Å². The monoisotopic (exact) mass is 451 g/mol. The van der Waals surface area contributed by atoms with Gasteiger partial charge in [-0.2, -0.15) is 0 Å². The Balaban J connectivity index is 2.01. The van der Waals surface area contributed by atoms with Gasteiger partial charge in [0, 0.05) is 17.0 Å². The number of methoxy groups -OCH3 is 1. The van der Waals surface area contributed by atoms with E-state index in [1.54, 1.807) is 25.5 Å². The van der Waals surface area contributed by atoms with Crippen molar-refractivity contribution in [2.75, 3.05) is 13.7 Å². The Kier molecular flexibility index (Phi) is 5.88. The third kappa shape index (κ3) is 3.71. The summed E-state index contributed by atoms with van der Waals surface area (Å²) in [5.74, 6) is 0.0942. The summed E-state index contributed by atoms with van der Waals surface area (Å²) in [5.41, 5.74) is 4.31. The summed E-state index contributed by atoms with van der Waals surface area (Å²) in [6, 6.07) is 8.69. The molecule has 0 amide bonds. The average Bonchev–Trinajstić information content (AvgIpc) is 3.24. The molecular weight excluding hydrogens is 426 g/mol. The number of aryl methyl sites for hydroxylation is 2. The smallest absolute Gasteiger partial charge is 0.338 e. The summed E-state index contributed by atoms with van der Waals surface area (Å²) in [5, 5.41) is 0. The minimum atomic E-state index is -0.697. The standard InChI is InChI=1S/C24H25N3O4S/c1-6-31-23(29)20-15(4)26-24-27(21(20)17-9-7-8-10-18(17)30-5)22(28)19(32-24)12-16-11-13(2)25-14(16)3/h7-12,21,25H,6H2,1-5H3. The molecule has 0 spiro atoms. The van der Waals surface area contributed by atoms with Crippen molar-refractivity contribution in [2.45, 2.75) is 33.7 Å². The number of carbonyl (C=O) groups excluding carboxylic acids is 1. The molecule has 0 saturated carbocycles. The van der Waals surface area contributed by atoms with Crippen molar-refractivity contribution >= 4 is 23.4 Å². The highest BCUT2D eigenvalue weighted by Gasteiger charge is 2.34. The lowest BCUT2D eigenvalue weighted by atomic mass is 9.95. The summed E-state index contributed by atoms with van der Waals surface area (Å²) in [7, 11) is 1.57. The zero-order valence-electron chi connectivity index (χ0n) is 18.7. The van der Waals surface area contributed by atoms with Crippen LogP contribution in [-0.2, 0) is 9.53 Å². The number of carbonyl (C=O) groups is 1. The van der Waals surface area contributed by atoms with Crippen LogP contribution in [-0.4, -0.2) is 29.2 Å². The highest BCUT2D eigenvalue weighted by atomic mass is 32.1. The minimum absolute atomic E-state index is 0.211. The van der Waals surface area contributed by atoms with Crippen LogP contribution in [0.2, 0.25) is 0 Å². The van der Waals surface area contributed by atoms with Crippen LogP contribution >= 0.6 is 11.3 Å². The number of rotatable bonds is 5. The van der Waals surface area contributed by atoms with Crippen molar-refractivity contribution < 1.29 is 14.3 Å². The Hall–Kier alpha value is -3.39. The number of thiazole rings is 1. The van der Waals surface area contributed by atoms with E-state index >= 15 is 0 Å². The minimum Gasteiger partial charge on any atom is -0.496 e. The molecule has 8 heteroatoms. The van der Waals surface area contributed by atoms with E-state index in [1.165, 1.54) is 11.3 Å². The number of esters is 1. The Morgan fingerprint density at radius 1 is 1.28 bits per heavy atom. The molecule has 0 saturated heterocycles. The molecule has 1 atom stereocenters. The number of aromatic amines is 1. The molecule has 1 aliphatic rings. The maximum absolute atomic E-state index is 13.6. The zero-order valence-corrected chi connectivity index (χ0v) is 19.5. The lowest BCUT2D eigenvalue weighted by molar-refractivity contribution is -0.139. The quantitative estimate of drug-likeness (QED) is 0.605. The van der Waals surface area contributed by atoms with Gasteiger partial charge in [0.25, 0.3) is 5.56 Å². The van der Waals surface area contributed by atoms with Crippen molar-refractivity contribution in [3.8, 4) is 5.75 Å². The van der Waals surface area contributed by atoms with Gasteiger partial charge >= 0.3 is 5.97 Å². The predicted molar refractivity (Wildman–Crippen MR) is 124 cm³/mol. The van der Waals surface area contributed by atoms with Crippen LogP contribution in [0.15, 0.2) is 51.4 Å². The maximum atomic E-state index is 13.6. The van der Waals surface area contributed by atoms with Crippen molar-refractivity contribution in [1.82, 2.24) is 9.55 Å². The highest BCUT2D eigenvalue weighted by Crippen LogP contribution is 2.35. The molecule has 0 bridgehead atoms. The number of para-hydroxylation sites is 1. The maximum Gasteiger partial charge on any atom is 0.338 e. The number of benzene rings is 1. The van der Waals surface area contributed by atoms with E-state index in [-0.39, 0.29) is 12.2 Å². The third-order valence-corrected chi connectivity index (χ3v) is 6.41. The van der Waals surface area contributed by atoms with E-state index in [9.17, 15) is 9.59 Å². The van der Waals surface area contributed by atoms with Gasteiger partial charge in [0.15, 0.2) is 4.80 Å². The lowest BCUT2D eigenvalue weighted by Crippen LogP contribution is -2.40. The normalized spacial score (nSPS) is 16.0. The van der Waals surface area contributed by atoms with Gasteiger partial charge in [-0.25, -0.2) is 9.79 Å². The molecule has 32 heavy (non-hydrogen) atoms. The molecule has 0 fully saturated rings. The fraction of sp³-hybridized carbons (Fsp3) is 0.292. The van der Waals surface area contributed by atoms with Crippen LogP contribution in [0, 0.1) is 13.8 Å². The first-order valence-corrected chi connectivity index (χ1v) is 11.2. The van der Waals surface area contributed by atoms with Crippen molar-refractivity contribution in [3.05, 3.63) is 83.8 Å². The van der Waals surface area contributed by atoms with Crippen LogP contribution in [0.5, 0.6) is 5.75 Å². The third-order valence-electron chi connectivity index (χ3n) is 5.43. The number of fused-ring (bicyclic) bond motifs is 1. The molecule has 3 aromatic rings. The van der Waals surface area contributed by atoms with Gasteiger partial charge < -0.3 is 14.5 Å². The lowest BCUT2D eigenvalue weighted by Gasteiger charge is -2.25. The van der Waals surface area contributed by atoms with Crippen molar-refractivity contribution in [1.29, 1.82) is 0 Å². The van der Waals surface area contributed by atoms with E-state index in [4.69, 9.17) is 9.47 Å². The number of nitrogens with zero attached hydrogens (tertiary/aromatic N) is 2. The molecule has 1 unspecified atom stereocenters. The first-order chi connectivity index (χ1) is 15.3. The Morgan fingerprint density at radius 3 is 2.69 bits per heavy atom. The second-order valence-electron chi connectivity index (χ2n) is 7.58. The Morgan fingerprint density at radius 2 is 2.03 bits per heavy atom. The first-order valence-electron chi connectivity index (χ1n) is 10.3. The number of ether oxygens (including phenoxy) is 2. The molecule has 0 radical (unpaired) electrons. The van der Waals surface area contributed by atoms with Gasteiger partial charge in [0.1, 0.15) is 11.8 Å². The Bertz CT molecular complexity index is 1410. The number of H-pyrrole nitrogens is 1. The summed E-state index contributed by atoms with van der Waals surface area (Å²) < 4.78 is 13.0. The molecular formula is C24H25N3O4S. The van der Waals surface area contributed by atoms with Crippen LogP contribution in [0.1, 0.15) is 42.4 Å². The van der Waals surface area contributed by atoms with Gasteiger partial charge in [-0.15, -0.1) is 0 Å². The van der Waals surface area contributed by atoms with E-state index in [2.05, 4.69) is 9.98 Å². The van der Waals surface area contributed by atoms with Crippen molar-refractivity contribution in [2.24, 2.45) is 4.99 Å². The van der Waals surface area contributed by atoms with Crippen LogP contribution in [0.4, 0.5) is 0 Å². The van der Waals surface area contributed by atoms with Gasteiger partial charge in [-0.05, 0) is 51.5 Å². The summed E-state index contributed by atoms with van der Waals surface area (Å²) >= 11 is 1.30. The molecule has 1 aromatic carbocycles. The fourth-order valence-corrected chi connectivity index (χ4v) is 5.05. The largest absolute Gasteiger partial charge is 0.496 e. The van der Waals surface area contributed by atoms with Crippen LogP contribution in [0.25, 0.3) is 6.08 Å². The van der Waals surface area contributed by atoms with E-state index in [0.717, 1.165) is 17.0 Å². The van der Waals surface area contributed by atoms with Crippen LogP contribution in [0.3, 0.4) is 0 Å². The van der Waals surface area contributed by atoms with E-state index in [0.29, 0.717) is 31.9 Å². The predicted octanol–water partition coefficient (Wildman–Crippen LogP) is 2.75. The summed E-state index contributed by atoms with van der Waals surface area (Å²) in [6.45, 7) is 7.69. The topological polar surface area (TPSA) is 85.7 Å². The number of aromatic nitrogens is 2. The number of hydrogen-bond donors (Lipinski definition) is 1. The van der Waals surface area contributed by atoms with Gasteiger partial charge in [-0.3, -0.25) is 9.36 Å². The molecule has 1 aliphatic heterocycles. The second-order valence-corrected chi connectivity index (χ2v) is 8.59. The number of nitrogens with one attached hydrogen (secondary N) is 1. The first kappa shape index (κ1) is 21.8. The van der Waals surface area contributed by atoms with E-state index < -0.39 is 12.0 Å². The summed E-state index contributed by atoms with van der Waals surface area (Å²) in [6.07, 6.45) is 1.87. The second kappa shape index (κ2) is 8.63. The molecule has 1 N–H and O–H groups in total. The Labute approximate surface area is 189 Å². The van der Waals surface area contributed by atoms with Gasteiger partial charge in [-0.1, -0.05) is 29.5 Å². The molecule has 4 rings (SSSR count). The highest BCUT2D eigenvalue weighted by molar-refractivity contribution is 7.07. The van der Waals surface area contributed by atoms with Crippen molar-refractivity contribution in [3.63, 3.8) is 0 Å².